The molecule has 0 bridgehead atoms. The Bertz CT molecular complexity index is 420. The van der Waals surface area contributed by atoms with Crippen LogP contribution in [0.15, 0.2) is 24.3 Å². The summed E-state index contributed by atoms with van der Waals surface area (Å²) in [5, 5.41) is 14.1. The van der Waals surface area contributed by atoms with Crippen LogP contribution in [0.25, 0.3) is 0 Å². The fourth-order valence-electron chi connectivity index (χ4n) is 1.47. The third-order valence-electron chi connectivity index (χ3n) is 2.38. The van der Waals surface area contributed by atoms with Gasteiger partial charge in [0.1, 0.15) is 0 Å². The van der Waals surface area contributed by atoms with Crippen LogP contribution >= 0.6 is 11.8 Å². The fraction of sp³-hybridized carbons (Fsp3) is 0.385. The Kier molecular flexibility index (Phi) is 6.81. The molecule has 0 aromatic heterocycles. The maximum Gasteiger partial charge on any atom is 0.319 e. The number of carboxylic acids is 1. The maximum absolute atomic E-state index is 11.5. The summed E-state index contributed by atoms with van der Waals surface area (Å²) in [7, 11) is 0. The van der Waals surface area contributed by atoms with Crippen molar-refractivity contribution in [1.29, 1.82) is 0 Å². The van der Waals surface area contributed by atoms with E-state index < -0.39 is 5.97 Å². The molecule has 1 aromatic rings. The van der Waals surface area contributed by atoms with Crippen molar-refractivity contribution in [2.75, 3.05) is 23.9 Å². The maximum atomic E-state index is 11.5. The molecule has 104 valence electrons. The Morgan fingerprint density at radius 1 is 1.26 bits per heavy atom. The Morgan fingerprint density at radius 2 is 1.95 bits per heavy atom. The van der Waals surface area contributed by atoms with Crippen LogP contribution in [0.4, 0.5) is 10.5 Å². The van der Waals surface area contributed by atoms with E-state index in [0.717, 1.165) is 12.2 Å². The molecule has 0 saturated carbocycles. The van der Waals surface area contributed by atoms with E-state index in [0.29, 0.717) is 17.8 Å². The van der Waals surface area contributed by atoms with Crippen molar-refractivity contribution < 1.29 is 14.7 Å². The van der Waals surface area contributed by atoms with Gasteiger partial charge >= 0.3 is 12.0 Å². The molecule has 0 heterocycles. The van der Waals surface area contributed by atoms with Crippen LogP contribution in [0.3, 0.4) is 0 Å². The molecule has 1 rings (SSSR count). The number of aliphatic carboxylic acids is 1. The topological polar surface area (TPSA) is 78.4 Å². The first-order valence-electron chi connectivity index (χ1n) is 5.96. The monoisotopic (exact) mass is 282 g/mol. The van der Waals surface area contributed by atoms with Gasteiger partial charge in [-0.3, -0.25) is 4.79 Å². The van der Waals surface area contributed by atoms with E-state index in [1.165, 1.54) is 0 Å². The van der Waals surface area contributed by atoms with Gasteiger partial charge in [-0.1, -0.05) is 12.1 Å². The van der Waals surface area contributed by atoms with Gasteiger partial charge in [-0.25, -0.2) is 4.79 Å². The average molecular weight is 282 g/mol. The van der Waals surface area contributed by atoms with E-state index in [4.69, 9.17) is 5.11 Å². The lowest BCUT2D eigenvalue weighted by Crippen LogP contribution is -2.29. The van der Waals surface area contributed by atoms with Crippen molar-refractivity contribution in [3.63, 3.8) is 0 Å². The normalized spacial score (nSPS) is 9.95. The molecule has 0 unspecified atom stereocenters. The van der Waals surface area contributed by atoms with Gasteiger partial charge in [-0.05, 0) is 36.1 Å². The highest BCUT2D eigenvalue weighted by Crippen LogP contribution is 2.09. The number of urea groups is 1. The minimum Gasteiger partial charge on any atom is -0.481 e. The molecule has 3 N–H and O–H groups in total. The Balaban J connectivity index is 2.36. The minimum atomic E-state index is -0.868. The van der Waals surface area contributed by atoms with Gasteiger partial charge in [0, 0.05) is 12.2 Å². The molecule has 6 heteroatoms. The van der Waals surface area contributed by atoms with Crippen molar-refractivity contribution in [3.05, 3.63) is 29.8 Å². The van der Waals surface area contributed by atoms with Crippen LogP contribution < -0.4 is 10.6 Å². The summed E-state index contributed by atoms with van der Waals surface area (Å²) in [4.78, 5) is 22.0. The van der Waals surface area contributed by atoms with Crippen molar-refractivity contribution in [1.82, 2.24) is 5.32 Å². The molecule has 0 spiro atoms. The average Bonchev–Trinajstić information content (AvgIpc) is 2.36. The summed E-state index contributed by atoms with van der Waals surface area (Å²) in [5.41, 5.74) is 1.36. The lowest BCUT2D eigenvalue weighted by atomic mass is 10.1. The number of thioether (sulfide) groups is 1. The van der Waals surface area contributed by atoms with Gasteiger partial charge in [0.2, 0.25) is 0 Å². The second kappa shape index (κ2) is 8.42. The molecule has 0 aliphatic rings. The molecule has 5 nitrogen and oxygen atoms in total. The first-order valence-corrected chi connectivity index (χ1v) is 7.35. The number of hydrogen-bond acceptors (Lipinski definition) is 3. The zero-order valence-electron chi connectivity index (χ0n) is 10.8. The number of amides is 2. The quantitative estimate of drug-likeness (QED) is 0.670. The SMILES string of the molecule is CSCCCNC(=O)Nc1ccc(CC(=O)O)cc1. The fourth-order valence-corrected chi connectivity index (χ4v) is 1.91. The van der Waals surface area contributed by atoms with Gasteiger partial charge in [0.25, 0.3) is 0 Å². The number of carbonyl (C=O) groups is 2. The first kappa shape index (κ1) is 15.4. The number of nitrogens with one attached hydrogen (secondary N) is 2. The molecule has 19 heavy (non-hydrogen) atoms. The summed E-state index contributed by atoms with van der Waals surface area (Å²) in [6, 6.07) is 6.53. The summed E-state index contributed by atoms with van der Waals surface area (Å²) in [5.74, 6) is 0.150. The lowest BCUT2D eigenvalue weighted by Gasteiger charge is -2.07. The molecule has 2 amide bonds. The smallest absolute Gasteiger partial charge is 0.319 e. The van der Waals surface area contributed by atoms with Gasteiger partial charge in [-0.15, -0.1) is 0 Å². The third kappa shape index (κ3) is 6.71. The first-order chi connectivity index (χ1) is 9.11. The van der Waals surface area contributed by atoms with E-state index in [9.17, 15) is 9.59 Å². The van der Waals surface area contributed by atoms with Crippen LogP contribution in [0.1, 0.15) is 12.0 Å². The number of benzene rings is 1. The van der Waals surface area contributed by atoms with Crippen LogP contribution in [-0.4, -0.2) is 35.7 Å². The second-order valence-corrected chi connectivity index (χ2v) is 4.98. The van der Waals surface area contributed by atoms with Crippen molar-refractivity contribution in [3.8, 4) is 0 Å². The number of anilines is 1. The van der Waals surface area contributed by atoms with E-state index in [-0.39, 0.29) is 12.5 Å². The Labute approximate surface area is 116 Å². The molecule has 1 aromatic carbocycles. The highest BCUT2D eigenvalue weighted by atomic mass is 32.2. The van der Waals surface area contributed by atoms with Crippen LogP contribution in [0.5, 0.6) is 0 Å². The summed E-state index contributed by atoms with van der Waals surface area (Å²) in [6.07, 6.45) is 2.95. The van der Waals surface area contributed by atoms with Gasteiger partial charge in [0.15, 0.2) is 0 Å². The molecule has 0 saturated heterocycles. The zero-order chi connectivity index (χ0) is 14.1. The van der Waals surface area contributed by atoms with Crippen LogP contribution in [-0.2, 0) is 11.2 Å². The lowest BCUT2D eigenvalue weighted by molar-refractivity contribution is -0.136. The predicted molar refractivity (Wildman–Crippen MR) is 77.8 cm³/mol. The van der Waals surface area contributed by atoms with E-state index in [1.807, 2.05) is 6.26 Å². The molecular weight excluding hydrogens is 264 g/mol. The van der Waals surface area contributed by atoms with E-state index in [1.54, 1.807) is 36.0 Å². The minimum absolute atomic E-state index is 0.0127. The molecule has 0 aliphatic heterocycles. The van der Waals surface area contributed by atoms with Crippen molar-refractivity contribution in [2.45, 2.75) is 12.8 Å². The second-order valence-electron chi connectivity index (χ2n) is 3.99. The third-order valence-corrected chi connectivity index (χ3v) is 3.07. The highest BCUT2D eigenvalue weighted by molar-refractivity contribution is 7.98. The molecule has 0 atom stereocenters. The van der Waals surface area contributed by atoms with E-state index in [2.05, 4.69) is 10.6 Å². The number of carboxylic acid groups (broad SMARTS) is 1. The molecule has 0 fully saturated rings. The van der Waals surface area contributed by atoms with Crippen molar-refractivity contribution >= 4 is 29.4 Å². The summed E-state index contributed by atoms with van der Waals surface area (Å²) in [6.45, 7) is 0.643. The molecule has 0 aliphatic carbocycles. The van der Waals surface area contributed by atoms with Crippen molar-refractivity contribution in [2.24, 2.45) is 0 Å². The largest absolute Gasteiger partial charge is 0.481 e. The summed E-state index contributed by atoms with van der Waals surface area (Å²) < 4.78 is 0. The number of rotatable bonds is 7. The molecule has 0 radical (unpaired) electrons. The Morgan fingerprint density at radius 3 is 2.53 bits per heavy atom. The highest BCUT2D eigenvalue weighted by Gasteiger charge is 2.03. The summed E-state index contributed by atoms with van der Waals surface area (Å²) >= 11 is 1.74. The Hall–Kier alpha value is -1.69. The van der Waals surface area contributed by atoms with Gasteiger partial charge in [0.05, 0.1) is 6.42 Å². The number of hydrogen-bond donors (Lipinski definition) is 3. The zero-order valence-corrected chi connectivity index (χ0v) is 11.6. The predicted octanol–water partition coefficient (Wildman–Crippen LogP) is 2.19. The standard InChI is InChI=1S/C13H18N2O3S/c1-19-8-2-7-14-13(18)15-11-5-3-10(4-6-11)9-12(16)17/h3-6H,2,7-9H2,1H3,(H,16,17)(H2,14,15,18). The van der Waals surface area contributed by atoms with Crippen LogP contribution in [0, 0.1) is 0 Å². The van der Waals surface area contributed by atoms with Gasteiger partial charge < -0.3 is 15.7 Å². The van der Waals surface area contributed by atoms with Gasteiger partial charge in [-0.2, -0.15) is 11.8 Å². The number of carbonyl (C=O) groups excluding carboxylic acids is 1. The van der Waals surface area contributed by atoms with Crippen LogP contribution in [0.2, 0.25) is 0 Å². The van der Waals surface area contributed by atoms with E-state index >= 15 is 0 Å². The molecular formula is C13H18N2O3S.